The molecule has 2 bridgehead atoms. The summed E-state index contributed by atoms with van der Waals surface area (Å²) in [7, 11) is -0.372. The third-order valence-corrected chi connectivity index (χ3v) is 10.5. The highest BCUT2D eigenvalue weighted by atomic mass is 35.7. The minimum absolute atomic E-state index is 0.297. The van der Waals surface area contributed by atoms with Gasteiger partial charge < -0.3 is 0 Å². The highest BCUT2D eigenvalue weighted by Crippen LogP contribution is 2.76. The molecular weight excluding hydrogens is 235 g/mol. The lowest BCUT2D eigenvalue weighted by Crippen LogP contribution is -2.36. The van der Waals surface area contributed by atoms with Gasteiger partial charge in [-0.2, -0.15) is 0 Å². The van der Waals surface area contributed by atoms with Crippen LogP contribution in [0.15, 0.2) is 0 Å². The molecule has 0 spiro atoms. The number of hydrogen-bond acceptors (Lipinski definition) is 0. The van der Waals surface area contributed by atoms with Crippen molar-refractivity contribution < 1.29 is 0 Å². The van der Waals surface area contributed by atoms with Crippen LogP contribution in [0.2, 0.25) is 0 Å². The minimum atomic E-state index is -0.372. The highest BCUT2D eigenvalue weighted by molar-refractivity contribution is 7.85. The Bertz CT molecular complexity index is 292. The molecule has 2 aliphatic rings. The van der Waals surface area contributed by atoms with Crippen molar-refractivity contribution in [3.05, 3.63) is 0 Å². The van der Waals surface area contributed by atoms with E-state index in [-0.39, 0.29) is 7.27 Å². The average molecular weight is 261 g/mol. The monoisotopic (exact) mass is 260 g/mol. The fraction of sp³-hybridized carbons (Fsp3) is 1.00. The zero-order valence-electron chi connectivity index (χ0n) is 11.6. The van der Waals surface area contributed by atoms with Gasteiger partial charge in [-0.1, -0.05) is 52.8 Å². The Morgan fingerprint density at radius 2 is 1.75 bits per heavy atom. The first-order valence-corrected chi connectivity index (χ1v) is 8.87. The van der Waals surface area contributed by atoms with Crippen molar-refractivity contribution in [2.45, 2.75) is 71.6 Å². The Kier molecular flexibility index (Phi) is 2.97. The van der Waals surface area contributed by atoms with Crippen LogP contribution in [0.3, 0.4) is 0 Å². The summed E-state index contributed by atoms with van der Waals surface area (Å²) in [5.41, 5.74) is 1.79. The van der Waals surface area contributed by atoms with Gasteiger partial charge in [-0.25, -0.2) is 0 Å². The molecule has 2 aliphatic carbocycles. The number of fused-ring (bicyclic) bond motifs is 2. The molecule has 0 aliphatic heterocycles. The summed E-state index contributed by atoms with van der Waals surface area (Å²) < 4.78 is 0. The zero-order chi connectivity index (χ0) is 12.4. The standard InChI is InChI=1S/C14H26ClP/c1-12(2,3)16(15)11-9-10-7-8-14(11,6)13(10,4)5/h10-11H,7-9H2,1-6H3. The Hall–Kier alpha value is 0.720. The van der Waals surface area contributed by atoms with E-state index in [9.17, 15) is 0 Å². The van der Waals surface area contributed by atoms with E-state index in [1.807, 2.05) is 0 Å². The molecule has 94 valence electrons. The van der Waals surface area contributed by atoms with Crippen LogP contribution in [-0.4, -0.2) is 10.8 Å². The first kappa shape index (κ1) is 13.2. The van der Waals surface area contributed by atoms with Gasteiger partial charge in [0.1, 0.15) is 0 Å². The second-order valence-electron chi connectivity index (χ2n) is 7.61. The average Bonchev–Trinajstić information content (AvgIpc) is 2.46. The predicted octanol–water partition coefficient (Wildman–Crippen LogP) is 5.64. The van der Waals surface area contributed by atoms with Crippen LogP contribution in [0.4, 0.5) is 0 Å². The Morgan fingerprint density at radius 3 is 2.06 bits per heavy atom. The zero-order valence-corrected chi connectivity index (χ0v) is 13.3. The van der Waals surface area contributed by atoms with Gasteiger partial charge >= 0.3 is 0 Å². The van der Waals surface area contributed by atoms with Gasteiger partial charge in [-0.05, 0) is 54.1 Å². The molecule has 0 saturated heterocycles. The number of halogens is 1. The second-order valence-corrected chi connectivity index (χ2v) is 11.3. The van der Waals surface area contributed by atoms with Gasteiger partial charge in [-0.15, -0.1) is 0 Å². The van der Waals surface area contributed by atoms with Gasteiger partial charge in [-0.3, -0.25) is 0 Å². The molecule has 2 saturated carbocycles. The Morgan fingerprint density at radius 1 is 1.19 bits per heavy atom. The van der Waals surface area contributed by atoms with E-state index in [1.54, 1.807) is 0 Å². The molecule has 2 heteroatoms. The van der Waals surface area contributed by atoms with Crippen molar-refractivity contribution >= 4 is 18.5 Å². The van der Waals surface area contributed by atoms with Crippen molar-refractivity contribution in [2.24, 2.45) is 16.7 Å². The van der Waals surface area contributed by atoms with Crippen molar-refractivity contribution in [3.63, 3.8) is 0 Å². The molecule has 4 atom stereocenters. The van der Waals surface area contributed by atoms with Gasteiger partial charge in [0.05, 0.1) is 0 Å². The van der Waals surface area contributed by atoms with Gasteiger partial charge in [0.25, 0.3) is 0 Å². The van der Waals surface area contributed by atoms with Gasteiger partial charge in [0, 0.05) is 0 Å². The third kappa shape index (κ3) is 1.59. The lowest BCUT2D eigenvalue weighted by molar-refractivity contribution is 0.155. The summed E-state index contributed by atoms with van der Waals surface area (Å²) in [5, 5.41) is 0.297. The molecular formula is C14H26ClP. The molecule has 0 aromatic rings. The smallest absolute Gasteiger partial charge is 0.000375 e. The summed E-state index contributed by atoms with van der Waals surface area (Å²) in [5.74, 6) is 0.925. The van der Waals surface area contributed by atoms with Crippen molar-refractivity contribution in [2.75, 3.05) is 0 Å². The maximum absolute atomic E-state index is 6.84. The maximum atomic E-state index is 6.84. The summed E-state index contributed by atoms with van der Waals surface area (Å²) in [4.78, 5) is 0. The van der Waals surface area contributed by atoms with E-state index in [1.165, 1.54) is 19.3 Å². The number of rotatable bonds is 1. The largest absolute Gasteiger partial charge is 0.0956 e. The molecule has 16 heavy (non-hydrogen) atoms. The lowest BCUT2D eigenvalue weighted by atomic mass is 9.71. The molecule has 0 nitrogen and oxygen atoms in total. The Balaban J connectivity index is 2.28. The summed E-state index contributed by atoms with van der Waals surface area (Å²) >= 11 is 6.84. The summed E-state index contributed by atoms with van der Waals surface area (Å²) in [6, 6.07) is 0. The van der Waals surface area contributed by atoms with Crippen LogP contribution >= 0.6 is 18.5 Å². The van der Waals surface area contributed by atoms with Crippen LogP contribution in [0.1, 0.15) is 60.8 Å². The van der Waals surface area contributed by atoms with E-state index >= 15 is 0 Å². The molecule has 2 rings (SSSR count). The van der Waals surface area contributed by atoms with Crippen LogP contribution in [0.25, 0.3) is 0 Å². The summed E-state index contributed by atoms with van der Waals surface area (Å²) in [6.07, 6.45) is 4.22. The van der Waals surface area contributed by atoms with E-state index in [0.717, 1.165) is 11.6 Å². The molecule has 0 N–H and O–H groups in total. The van der Waals surface area contributed by atoms with E-state index in [0.29, 0.717) is 16.0 Å². The van der Waals surface area contributed by atoms with Crippen LogP contribution in [-0.2, 0) is 0 Å². The molecule has 0 aromatic heterocycles. The lowest BCUT2D eigenvalue weighted by Gasteiger charge is -2.44. The maximum Gasteiger partial charge on any atom is -0.000375 e. The third-order valence-electron chi connectivity index (χ3n) is 5.66. The highest BCUT2D eigenvalue weighted by Gasteiger charge is 2.63. The van der Waals surface area contributed by atoms with Gasteiger partial charge in [0.2, 0.25) is 0 Å². The molecule has 2 fully saturated rings. The van der Waals surface area contributed by atoms with Gasteiger partial charge in [0.15, 0.2) is 0 Å². The van der Waals surface area contributed by atoms with Crippen molar-refractivity contribution in [3.8, 4) is 0 Å². The fourth-order valence-corrected chi connectivity index (χ4v) is 7.19. The molecule has 0 radical (unpaired) electrons. The molecule has 0 aromatic carbocycles. The van der Waals surface area contributed by atoms with Crippen LogP contribution in [0.5, 0.6) is 0 Å². The SMILES string of the molecule is CC(C)(C)P(Cl)C1CC2CCC1(C)C2(C)C. The topological polar surface area (TPSA) is 0 Å². The minimum Gasteiger partial charge on any atom is -0.0956 e. The van der Waals surface area contributed by atoms with Crippen molar-refractivity contribution in [1.82, 2.24) is 0 Å². The van der Waals surface area contributed by atoms with E-state index in [4.69, 9.17) is 11.2 Å². The van der Waals surface area contributed by atoms with E-state index in [2.05, 4.69) is 41.5 Å². The fourth-order valence-electron chi connectivity index (χ4n) is 3.97. The van der Waals surface area contributed by atoms with E-state index < -0.39 is 0 Å². The molecule has 4 unspecified atom stereocenters. The van der Waals surface area contributed by atoms with Crippen molar-refractivity contribution in [1.29, 1.82) is 0 Å². The van der Waals surface area contributed by atoms with Crippen LogP contribution < -0.4 is 0 Å². The predicted molar refractivity (Wildman–Crippen MR) is 75.5 cm³/mol. The second kappa shape index (κ2) is 3.61. The first-order chi connectivity index (χ1) is 7.11. The van der Waals surface area contributed by atoms with Crippen LogP contribution in [0, 0.1) is 16.7 Å². The number of hydrogen-bond donors (Lipinski definition) is 0. The Labute approximate surface area is 107 Å². The molecule has 0 heterocycles. The normalized spacial score (nSPS) is 43.7. The first-order valence-electron chi connectivity index (χ1n) is 6.56. The summed E-state index contributed by atoms with van der Waals surface area (Å²) in [6.45, 7) is 14.4. The molecule has 0 amide bonds. The quantitative estimate of drug-likeness (QED) is 0.536.